The second kappa shape index (κ2) is 17.5. The Hall–Kier alpha value is -4.22. The Kier molecular flexibility index (Phi) is 12.9. The number of nitrogens with one attached hydrogen (secondary N) is 3. The first-order valence-electron chi connectivity index (χ1n) is 19.9. The summed E-state index contributed by atoms with van der Waals surface area (Å²) in [5.74, 6) is -2.85. The highest BCUT2D eigenvalue weighted by Crippen LogP contribution is 2.48. The van der Waals surface area contributed by atoms with Crippen LogP contribution < -0.4 is 20.3 Å². The number of fused-ring (bicyclic) bond motifs is 2. The summed E-state index contributed by atoms with van der Waals surface area (Å²) in [6.45, 7) is 4.35. The number of rotatable bonds is 5. The van der Waals surface area contributed by atoms with Crippen molar-refractivity contribution < 1.29 is 43.5 Å². The molecule has 308 valence electrons. The van der Waals surface area contributed by atoms with Crippen LogP contribution in [-0.2, 0) is 37.2 Å². The van der Waals surface area contributed by atoms with Crippen LogP contribution in [0.2, 0.25) is 0 Å². The van der Waals surface area contributed by atoms with Crippen molar-refractivity contribution in [3.63, 3.8) is 0 Å². The molecule has 56 heavy (non-hydrogen) atoms. The zero-order valence-corrected chi connectivity index (χ0v) is 33.5. The summed E-state index contributed by atoms with van der Waals surface area (Å²) in [4.78, 5) is 73.5. The van der Waals surface area contributed by atoms with Crippen molar-refractivity contribution in [2.24, 2.45) is 11.8 Å². The molecule has 6 rings (SSSR count). The standard InChI is InChI=1S/C39H57N7O9S/c1-5-26-21-39(26)36(50)42-56(54)44(4)17-13-9-7-6-8-10-16-29(40-37(51)55-27-14-11-12-15-27)35(49)45-23-25(19-31(45)34(48)41-39)33-28-20-32(47)30(43(2)3)18-24(28)22-46(33)38(52)53/h5,18,20,25-27,29,31,33,47H,1,6-17,19,21-23H2,2-4H3,(H,40,51)(H,41,48)(H,42,50)(H,52,53)/t25-,26-,29+,31+,33-,39?,56?/m1/s1. The number of hydrogen-bond acceptors (Lipinski definition) is 10. The third kappa shape index (κ3) is 8.84. The van der Waals surface area contributed by atoms with Crippen LogP contribution in [0.1, 0.15) is 101 Å². The summed E-state index contributed by atoms with van der Waals surface area (Å²) in [7, 11) is 5.21. The van der Waals surface area contributed by atoms with Crippen molar-refractivity contribution in [2.45, 2.75) is 120 Å². The van der Waals surface area contributed by atoms with Gasteiger partial charge >= 0.3 is 12.2 Å². The van der Waals surface area contributed by atoms with Gasteiger partial charge in [-0.1, -0.05) is 38.2 Å². The summed E-state index contributed by atoms with van der Waals surface area (Å²) in [5, 5.41) is 27.1. The molecule has 2 unspecified atom stereocenters. The van der Waals surface area contributed by atoms with Crippen LogP contribution in [0.5, 0.6) is 5.75 Å². The van der Waals surface area contributed by atoms with Crippen LogP contribution in [0.25, 0.3) is 0 Å². The lowest BCUT2D eigenvalue weighted by atomic mass is 9.90. The Labute approximate surface area is 331 Å². The summed E-state index contributed by atoms with van der Waals surface area (Å²) in [6.07, 6.45) is 8.27. The first kappa shape index (κ1) is 41.4. The number of phenols is 1. The normalized spacial score (nSPS) is 31.0. The van der Waals surface area contributed by atoms with Gasteiger partial charge in [-0.05, 0) is 74.6 Å². The molecule has 2 aliphatic carbocycles. The summed E-state index contributed by atoms with van der Waals surface area (Å²) < 4.78 is 23.0. The van der Waals surface area contributed by atoms with Gasteiger partial charge in [-0.25, -0.2) is 9.59 Å². The molecule has 4 fully saturated rings. The number of carboxylic acid groups (broad SMARTS) is 1. The van der Waals surface area contributed by atoms with Crippen LogP contribution in [0.3, 0.4) is 0 Å². The van der Waals surface area contributed by atoms with Crippen molar-refractivity contribution in [3.8, 4) is 5.75 Å². The number of aromatic hydroxyl groups is 1. The third-order valence-corrected chi connectivity index (χ3v) is 13.3. The number of hydrogen-bond donors (Lipinski definition) is 5. The molecule has 5 aliphatic rings. The highest BCUT2D eigenvalue weighted by molar-refractivity contribution is 7.87. The molecule has 0 bridgehead atoms. The molecule has 3 aliphatic heterocycles. The van der Waals surface area contributed by atoms with Gasteiger partial charge in [0.05, 0.1) is 18.3 Å². The summed E-state index contributed by atoms with van der Waals surface area (Å²) in [5.41, 5.74) is 0.361. The fourth-order valence-corrected chi connectivity index (χ4v) is 9.78. The fraction of sp³-hybridized carbons (Fsp3) is 0.667. The van der Waals surface area contributed by atoms with Crippen molar-refractivity contribution in [3.05, 3.63) is 35.9 Å². The first-order valence-corrected chi connectivity index (χ1v) is 21.0. The Bertz CT molecular complexity index is 1670. The lowest BCUT2D eigenvalue weighted by Crippen LogP contribution is -2.59. The maximum absolute atomic E-state index is 14.8. The van der Waals surface area contributed by atoms with E-state index in [4.69, 9.17) is 4.74 Å². The van der Waals surface area contributed by atoms with Crippen LogP contribution in [0, 0.1) is 11.8 Å². The number of ether oxygens (including phenoxy) is 1. The average Bonchev–Trinajstić information content (AvgIpc) is 3.51. The molecule has 1 aromatic carbocycles. The minimum absolute atomic E-state index is 0.0314. The molecule has 2 saturated heterocycles. The highest BCUT2D eigenvalue weighted by Gasteiger charge is 2.62. The lowest BCUT2D eigenvalue weighted by Gasteiger charge is -2.31. The van der Waals surface area contributed by atoms with Gasteiger partial charge in [0.2, 0.25) is 11.8 Å². The highest BCUT2D eigenvalue weighted by atomic mass is 32.2. The smallest absolute Gasteiger partial charge is 0.408 e. The van der Waals surface area contributed by atoms with Gasteiger partial charge in [0, 0.05) is 46.1 Å². The second-order valence-corrected chi connectivity index (χ2v) is 17.6. The van der Waals surface area contributed by atoms with Gasteiger partial charge < -0.3 is 39.9 Å². The largest absolute Gasteiger partial charge is 0.573 e. The molecule has 0 aromatic heterocycles. The molecule has 5 N–H and O–H groups in total. The van der Waals surface area contributed by atoms with E-state index in [1.807, 2.05) is 0 Å². The monoisotopic (exact) mass is 799 g/mol. The maximum atomic E-state index is 14.8. The van der Waals surface area contributed by atoms with Gasteiger partial charge in [0.1, 0.15) is 29.5 Å². The Morgan fingerprint density at radius 2 is 1.75 bits per heavy atom. The fourth-order valence-electron chi connectivity index (χ4n) is 8.99. The molecule has 0 radical (unpaired) electrons. The molecule has 1 aromatic rings. The Morgan fingerprint density at radius 1 is 1.07 bits per heavy atom. The third-order valence-electron chi connectivity index (χ3n) is 12.2. The molecule has 16 nitrogen and oxygen atoms in total. The molecule has 3 heterocycles. The van der Waals surface area contributed by atoms with E-state index in [0.29, 0.717) is 36.2 Å². The lowest BCUT2D eigenvalue weighted by molar-refractivity contribution is -0.141. The number of phenolic OH excluding ortho intramolecular Hbond substituents is 1. The second-order valence-electron chi connectivity index (χ2n) is 16.2. The van der Waals surface area contributed by atoms with Crippen molar-refractivity contribution in [1.29, 1.82) is 0 Å². The van der Waals surface area contributed by atoms with Gasteiger partial charge in [-0.2, -0.15) is 4.72 Å². The number of amides is 5. The van der Waals surface area contributed by atoms with E-state index < -0.39 is 77.0 Å². The predicted octanol–water partition coefficient (Wildman–Crippen LogP) is 3.68. The zero-order chi connectivity index (χ0) is 40.3. The molecule has 7 atom stereocenters. The van der Waals surface area contributed by atoms with Crippen molar-refractivity contribution in [2.75, 3.05) is 39.1 Å². The van der Waals surface area contributed by atoms with Crippen molar-refractivity contribution >= 4 is 47.1 Å². The van der Waals surface area contributed by atoms with Gasteiger partial charge in [0.25, 0.3) is 5.91 Å². The minimum Gasteiger partial charge on any atom is -0.573 e. The molecular weight excluding hydrogens is 743 g/mol. The van der Waals surface area contributed by atoms with E-state index in [1.54, 1.807) is 48.6 Å². The van der Waals surface area contributed by atoms with Crippen LogP contribution in [0.15, 0.2) is 24.8 Å². The topological polar surface area (TPSA) is 207 Å². The van der Waals surface area contributed by atoms with Gasteiger partial charge in [-0.3, -0.25) is 19.3 Å². The van der Waals surface area contributed by atoms with Gasteiger partial charge in [0.15, 0.2) is 11.5 Å². The number of nitrogens with zero attached hydrogens (tertiary/aromatic N) is 4. The molecule has 17 heteroatoms. The Balaban J connectivity index is 1.34. The SMILES string of the molecule is C=C[C@@H]1CC12NC(=O)[C@@H]1C[C@@H]([C@@H]3c4cc(O)c(N(C)C)cc4CN3C(=O)O)CN1C(=O)[C@@H](NC(=O)OC1CCCC1)CCCCCCCCN(C)[S+]([O-])NC2=O. The van der Waals surface area contributed by atoms with Crippen molar-refractivity contribution in [1.82, 2.24) is 29.5 Å². The maximum Gasteiger partial charge on any atom is 0.408 e. The van der Waals surface area contributed by atoms with E-state index in [9.17, 15) is 38.7 Å². The number of alkyl carbamates (subject to hydrolysis) is 1. The zero-order valence-electron chi connectivity index (χ0n) is 32.7. The van der Waals surface area contributed by atoms with E-state index in [-0.39, 0.29) is 37.8 Å². The van der Waals surface area contributed by atoms with Crippen LogP contribution in [0.4, 0.5) is 15.3 Å². The molecule has 2 saturated carbocycles. The minimum atomic E-state index is -1.86. The van der Waals surface area contributed by atoms with E-state index in [2.05, 4.69) is 21.9 Å². The Morgan fingerprint density at radius 3 is 2.41 bits per heavy atom. The number of carbonyl (C=O) groups is 5. The summed E-state index contributed by atoms with van der Waals surface area (Å²) in [6, 6.07) is 0.338. The number of carbonyl (C=O) groups excluding carboxylic acids is 4. The molecule has 1 spiro atoms. The average molecular weight is 800 g/mol. The van der Waals surface area contributed by atoms with E-state index in [1.165, 1.54) is 9.80 Å². The number of benzene rings is 1. The summed E-state index contributed by atoms with van der Waals surface area (Å²) >= 11 is -1.86. The van der Waals surface area contributed by atoms with E-state index >= 15 is 0 Å². The molecule has 5 amide bonds. The predicted molar refractivity (Wildman–Crippen MR) is 208 cm³/mol. The van der Waals surface area contributed by atoms with Gasteiger partial charge in [-0.15, -0.1) is 10.9 Å². The number of anilines is 1. The van der Waals surface area contributed by atoms with Crippen LogP contribution >= 0.6 is 0 Å². The van der Waals surface area contributed by atoms with Crippen LogP contribution in [-0.4, -0.2) is 117 Å². The quantitative estimate of drug-likeness (QED) is 0.215. The first-order chi connectivity index (χ1) is 26.7. The van der Waals surface area contributed by atoms with E-state index in [0.717, 1.165) is 57.8 Å². The molecular formula is C39H57N7O9S.